The molecule has 5 aliphatic heterocycles. The number of hydrogen-bond acceptors (Lipinski definition) is 27. The zero-order valence-electron chi connectivity index (χ0n) is 51.1. The van der Waals surface area contributed by atoms with Crippen LogP contribution in [0.25, 0.3) is 0 Å². The summed E-state index contributed by atoms with van der Waals surface area (Å²) < 4.78 is 54.6. The Balaban J connectivity index is 0.891. The highest BCUT2D eigenvalue weighted by atomic mass is 16.8. The van der Waals surface area contributed by atoms with E-state index in [4.69, 9.17) is 42.6 Å². The van der Waals surface area contributed by atoms with Crippen molar-refractivity contribution >= 4 is 0 Å². The highest BCUT2D eigenvalue weighted by Crippen LogP contribution is 2.75. The van der Waals surface area contributed by atoms with Crippen LogP contribution >= 0.6 is 0 Å². The van der Waals surface area contributed by atoms with Crippen molar-refractivity contribution in [2.24, 2.45) is 51.2 Å². The summed E-state index contributed by atoms with van der Waals surface area (Å²) in [6.07, 6.45) is -32.1. The van der Waals surface area contributed by atoms with Crippen molar-refractivity contribution in [2.75, 3.05) is 33.0 Å². The molecule has 0 spiro atoms. The molecular formula is C60H102O27. The van der Waals surface area contributed by atoms with Gasteiger partial charge >= 0.3 is 0 Å². The van der Waals surface area contributed by atoms with Crippen molar-refractivity contribution in [3.05, 3.63) is 11.6 Å². The van der Waals surface area contributed by atoms with Crippen LogP contribution in [-0.4, -0.2) is 290 Å². The highest BCUT2D eigenvalue weighted by molar-refractivity contribution is 5.32. The summed E-state index contributed by atoms with van der Waals surface area (Å²) in [5, 5.41) is 196. The molecule has 3 saturated carbocycles. The van der Waals surface area contributed by atoms with Gasteiger partial charge in [0.05, 0.1) is 87.5 Å². The van der Waals surface area contributed by atoms with Gasteiger partial charge in [-0.15, -0.1) is 0 Å². The lowest BCUT2D eigenvalue weighted by Crippen LogP contribution is -2.68. The second kappa shape index (κ2) is 26.8. The Morgan fingerprint density at radius 1 is 0.586 bits per heavy atom. The molecule has 0 bridgehead atoms. The first-order valence-electron chi connectivity index (χ1n) is 31.3. The Kier molecular flexibility index (Phi) is 21.6. The largest absolute Gasteiger partial charge is 0.394 e. The van der Waals surface area contributed by atoms with Gasteiger partial charge < -0.3 is 135 Å². The minimum absolute atomic E-state index is 0.00715. The van der Waals surface area contributed by atoms with Crippen LogP contribution in [0, 0.1) is 51.2 Å². The van der Waals surface area contributed by atoms with Crippen LogP contribution in [0.1, 0.15) is 113 Å². The average molecular weight is 1260 g/mol. The fourth-order valence-electron chi connectivity index (χ4n) is 17.5. The fourth-order valence-corrected chi connectivity index (χ4v) is 17.5. The zero-order chi connectivity index (χ0) is 63.9. The Labute approximate surface area is 507 Å². The van der Waals surface area contributed by atoms with Gasteiger partial charge in [0.1, 0.15) is 85.5 Å². The third-order valence-corrected chi connectivity index (χ3v) is 23.0. The number of rotatable bonds is 19. The first-order valence-corrected chi connectivity index (χ1v) is 31.3. The molecule has 27 heteroatoms. The molecule has 0 amide bonds. The maximum atomic E-state index is 12.8. The van der Waals surface area contributed by atoms with E-state index in [9.17, 15) is 91.9 Å². The van der Waals surface area contributed by atoms with E-state index in [1.807, 2.05) is 13.8 Å². The second-order valence-electron chi connectivity index (χ2n) is 28.7. The van der Waals surface area contributed by atoms with Crippen molar-refractivity contribution in [3.8, 4) is 0 Å². The van der Waals surface area contributed by atoms with Crippen molar-refractivity contribution in [1.29, 1.82) is 0 Å². The Bertz CT molecular complexity index is 2290. The number of ether oxygens (including phenoxy) is 9. The van der Waals surface area contributed by atoms with Gasteiger partial charge in [-0.2, -0.15) is 0 Å². The van der Waals surface area contributed by atoms with Crippen LogP contribution in [-0.2, 0) is 42.6 Å². The number of hydrogen-bond donors (Lipinski definition) is 18. The summed E-state index contributed by atoms with van der Waals surface area (Å²) in [4.78, 5) is 0. The van der Waals surface area contributed by atoms with Crippen molar-refractivity contribution in [1.82, 2.24) is 0 Å². The van der Waals surface area contributed by atoms with E-state index >= 15 is 0 Å². The lowest BCUT2D eigenvalue weighted by Gasteiger charge is -2.67. The van der Waals surface area contributed by atoms with Crippen LogP contribution in [0.4, 0.5) is 0 Å². The van der Waals surface area contributed by atoms with E-state index in [2.05, 4.69) is 33.8 Å². The smallest absolute Gasteiger partial charge is 0.187 e. The highest BCUT2D eigenvalue weighted by Gasteiger charge is 2.71. The molecule has 27 nitrogen and oxygen atoms in total. The molecule has 0 aromatic carbocycles. The van der Waals surface area contributed by atoms with E-state index in [1.54, 1.807) is 13.8 Å². The minimum atomic E-state index is -1.88. The maximum Gasteiger partial charge on any atom is 0.187 e. The van der Waals surface area contributed by atoms with E-state index < -0.39 is 215 Å². The summed E-state index contributed by atoms with van der Waals surface area (Å²) in [7, 11) is 0. The van der Waals surface area contributed by atoms with Crippen LogP contribution in [0.2, 0.25) is 0 Å². The molecule has 34 atom stereocenters. The summed E-state index contributed by atoms with van der Waals surface area (Å²) in [6.45, 7) is 12.8. The molecule has 9 rings (SSSR count). The van der Waals surface area contributed by atoms with Crippen molar-refractivity contribution < 1.29 is 135 Å². The number of allylic oxidation sites excluding steroid dienone is 1. The molecule has 9 aliphatic rings. The third-order valence-electron chi connectivity index (χ3n) is 23.0. The monoisotopic (exact) mass is 1250 g/mol. The lowest BCUT2D eigenvalue weighted by atomic mass is 9.38. The van der Waals surface area contributed by atoms with Gasteiger partial charge in [0.2, 0.25) is 0 Å². The maximum absolute atomic E-state index is 12.8. The van der Waals surface area contributed by atoms with Gasteiger partial charge in [-0.25, -0.2) is 0 Å². The van der Waals surface area contributed by atoms with Gasteiger partial charge in [0.15, 0.2) is 25.2 Å². The van der Waals surface area contributed by atoms with Crippen LogP contribution in [0.15, 0.2) is 11.6 Å². The summed E-state index contributed by atoms with van der Waals surface area (Å²) in [6, 6.07) is 0. The molecule has 8 fully saturated rings. The molecule has 5 heterocycles. The molecule has 4 aliphatic carbocycles. The topological polar surface area (TPSA) is 447 Å². The lowest BCUT2D eigenvalue weighted by molar-refractivity contribution is -0.376. The Morgan fingerprint density at radius 3 is 1.78 bits per heavy atom. The molecule has 87 heavy (non-hydrogen) atoms. The number of aliphatic hydroxyl groups is 18. The average Bonchev–Trinajstić information content (AvgIpc) is 1.66. The molecule has 0 radical (unpaired) electrons. The molecule has 5 saturated heterocycles. The number of aliphatic hydroxyl groups excluding tert-OH is 17. The predicted molar refractivity (Wildman–Crippen MR) is 297 cm³/mol. The summed E-state index contributed by atoms with van der Waals surface area (Å²) in [5.41, 5.74) is -2.36. The fraction of sp³-hybridized carbons (Fsp3) is 0.967. The third kappa shape index (κ3) is 12.6. The standard InChI is InChI=1S/C60H102O27/c1-24(9-13-37(57(4,5)78)86-55-51(87-53-39(67)29(65)17-25(19-61)80-53)43(71)38(30(20-62)82-55)50-47(75)44(72)40(68)31(21-63)81-50)26-15-16-58(6)34-12-10-27-28(60(34,8)35(66)18-59(26,58)7)11-14-36(56(27,2)3)85-54-49(77)46(74)42(70)33(84-54)23-79-52-48(76)45(73)41(69)32(22-64)83-52/h10,24-26,28-55,61-78H,9,11-23H2,1-8H3/t24-,25+,26?,28?,29+,30-,31-,32-,33-,34?,35-,36+,37-,38?,39-,40-,41-,42-,43+,44+,45+,46+,47-,48-,49-,50+,51-,52-,53+,54+,55+,58+,59-,60+/m1/s1. The predicted octanol–water partition coefficient (Wildman–Crippen LogP) is -4.10. The van der Waals surface area contributed by atoms with Gasteiger partial charge in [-0.1, -0.05) is 53.2 Å². The normalized spacial score (nSPS) is 51.8. The van der Waals surface area contributed by atoms with E-state index in [1.165, 1.54) is 0 Å². The Morgan fingerprint density at radius 2 is 1.16 bits per heavy atom. The molecule has 4 unspecified atom stereocenters. The number of fused-ring (bicyclic) bond motifs is 5. The summed E-state index contributed by atoms with van der Waals surface area (Å²) >= 11 is 0. The van der Waals surface area contributed by atoms with Crippen LogP contribution in [0.3, 0.4) is 0 Å². The Hall–Kier alpha value is -1.34. The molecule has 0 aromatic heterocycles. The molecule has 18 N–H and O–H groups in total. The van der Waals surface area contributed by atoms with E-state index in [0.29, 0.717) is 32.1 Å². The van der Waals surface area contributed by atoms with E-state index in [-0.39, 0.29) is 47.3 Å². The van der Waals surface area contributed by atoms with Gasteiger partial charge in [-0.05, 0) is 99.7 Å². The molecule has 0 aromatic rings. The van der Waals surface area contributed by atoms with Crippen LogP contribution in [0.5, 0.6) is 0 Å². The van der Waals surface area contributed by atoms with Gasteiger partial charge in [-0.3, -0.25) is 0 Å². The first kappa shape index (κ1) is 70.0. The first-order chi connectivity index (χ1) is 40.7. The molecular weight excluding hydrogens is 1150 g/mol. The van der Waals surface area contributed by atoms with Gasteiger partial charge in [0.25, 0.3) is 0 Å². The quantitative estimate of drug-likeness (QED) is 0.0547. The van der Waals surface area contributed by atoms with Crippen molar-refractivity contribution in [2.45, 2.75) is 278 Å². The second-order valence-corrected chi connectivity index (χ2v) is 28.7. The van der Waals surface area contributed by atoms with Crippen LogP contribution < -0.4 is 0 Å². The minimum Gasteiger partial charge on any atom is -0.394 e. The van der Waals surface area contributed by atoms with Crippen molar-refractivity contribution in [3.63, 3.8) is 0 Å². The summed E-state index contributed by atoms with van der Waals surface area (Å²) in [5.74, 6) is -1.38. The molecule has 504 valence electrons. The SMILES string of the molecule is C[C@H](CC[C@@H](O[C@@H]1O[C@H](CO)C([C@@H]2O[C@H](CO)[C@@H](O)[C@H](O)[C@H]2O)[C@H](O)[C@H]1O[C@@H]1O[C@H](CO)C[C@H](O)[C@H]1O)C(C)(C)O)C1CC[C@@]2(C)C3CC=C4C(CC[C@H](O[C@@H]5O[C@H](CO[C@@H]6O[C@H](CO)[C@@H](O)[C@H](O)[C@H]6O)[C@@H](O)[C@H](O)[C@H]5O)C4(C)C)[C@]3(C)[C@H](O)C[C@]12C. The zero-order valence-corrected chi connectivity index (χ0v) is 51.1. The van der Waals surface area contributed by atoms with Gasteiger partial charge in [0, 0.05) is 23.2 Å². The van der Waals surface area contributed by atoms with E-state index in [0.717, 1.165) is 18.4 Å².